The third kappa shape index (κ3) is 3.21. The second kappa shape index (κ2) is 8.58. The van der Waals surface area contributed by atoms with Gasteiger partial charge in [-0.3, -0.25) is 0 Å². The van der Waals surface area contributed by atoms with Gasteiger partial charge in [-0.05, 0) is 94.3 Å². The first-order valence-electron chi connectivity index (χ1n) is 14.2. The highest BCUT2D eigenvalue weighted by molar-refractivity contribution is 6.29. The van der Waals surface area contributed by atoms with Crippen LogP contribution in [0.2, 0.25) is 0 Å². The molecule has 0 bridgehead atoms. The minimum atomic E-state index is -0.226. The van der Waals surface area contributed by atoms with E-state index in [0.29, 0.717) is 10.8 Å². The minimum Gasteiger partial charge on any atom is -0.207 e. The van der Waals surface area contributed by atoms with Gasteiger partial charge in [0.05, 0.1) is 0 Å². The van der Waals surface area contributed by atoms with Gasteiger partial charge in [-0.25, -0.2) is 8.78 Å². The van der Waals surface area contributed by atoms with Crippen molar-refractivity contribution >= 4 is 64.6 Å². The molecule has 0 saturated heterocycles. The van der Waals surface area contributed by atoms with Crippen molar-refractivity contribution in [1.29, 1.82) is 0 Å². The van der Waals surface area contributed by atoms with Gasteiger partial charge in [-0.15, -0.1) is 0 Å². The number of hydrogen-bond donors (Lipinski definition) is 0. The molecule has 42 heavy (non-hydrogen) atoms. The average molecular weight is 541 g/mol. The fourth-order valence-electron chi connectivity index (χ4n) is 7.02. The Hall–Kier alpha value is -5.34. The lowest BCUT2D eigenvalue weighted by Crippen LogP contribution is -1.93. The molecule has 0 amide bonds. The van der Waals surface area contributed by atoms with Crippen molar-refractivity contribution in [3.05, 3.63) is 145 Å². The largest absolute Gasteiger partial charge is 0.207 e. The third-order valence-electron chi connectivity index (χ3n) is 8.91. The van der Waals surface area contributed by atoms with E-state index in [4.69, 9.17) is 0 Å². The Morgan fingerprint density at radius 3 is 1.52 bits per heavy atom. The molecule has 9 aromatic carbocycles. The molecular weight excluding hydrogens is 518 g/mol. The highest BCUT2D eigenvalue weighted by atomic mass is 19.1. The first-order chi connectivity index (χ1) is 20.7. The molecule has 2 heteroatoms. The first kappa shape index (κ1) is 23.4. The molecule has 0 aromatic heterocycles. The van der Waals surface area contributed by atoms with E-state index in [1.807, 2.05) is 60.7 Å². The maximum atomic E-state index is 15.7. The van der Waals surface area contributed by atoms with Crippen LogP contribution in [-0.2, 0) is 0 Å². The summed E-state index contributed by atoms with van der Waals surface area (Å²) in [6.45, 7) is 0. The molecule has 196 valence electrons. The zero-order valence-corrected chi connectivity index (χ0v) is 22.5. The fourth-order valence-corrected chi connectivity index (χ4v) is 7.02. The van der Waals surface area contributed by atoms with Crippen LogP contribution in [0.3, 0.4) is 0 Å². The van der Waals surface area contributed by atoms with Crippen LogP contribution in [0, 0.1) is 11.6 Å². The zero-order valence-electron chi connectivity index (χ0n) is 22.5. The molecule has 0 nitrogen and oxygen atoms in total. The van der Waals surface area contributed by atoms with Gasteiger partial charge >= 0.3 is 0 Å². The van der Waals surface area contributed by atoms with E-state index >= 15 is 4.39 Å². The summed E-state index contributed by atoms with van der Waals surface area (Å²) < 4.78 is 29.5. The number of halogens is 2. The lowest BCUT2D eigenvalue weighted by atomic mass is 9.85. The molecule has 0 aliphatic carbocycles. The van der Waals surface area contributed by atoms with E-state index in [-0.39, 0.29) is 11.6 Å². The lowest BCUT2D eigenvalue weighted by Gasteiger charge is -2.19. The Morgan fingerprint density at radius 2 is 0.857 bits per heavy atom. The topological polar surface area (TPSA) is 0 Å². The van der Waals surface area contributed by atoms with Crippen molar-refractivity contribution in [3.63, 3.8) is 0 Å². The SMILES string of the molecule is Fc1ccc2cc(-c3ccc4ccc5c(-c6c7ccccc7c(F)c7ccccc67)ccc6ccc3c4c65)ccc2c1. The Bertz CT molecular complexity index is 2480. The summed E-state index contributed by atoms with van der Waals surface area (Å²) in [7, 11) is 0. The second-order valence-corrected chi connectivity index (χ2v) is 11.1. The van der Waals surface area contributed by atoms with E-state index in [1.165, 1.54) is 33.0 Å². The van der Waals surface area contributed by atoms with E-state index in [2.05, 4.69) is 60.7 Å². The average Bonchev–Trinajstić information content (AvgIpc) is 3.04. The minimum absolute atomic E-state index is 0.176. The summed E-state index contributed by atoms with van der Waals surface area (Å²) in [5, 5.41) is 12.1. The summed E-state index contributed by atoms with van der Waals surface area (Å²) in [5.74, 6) is -0.402. The standard InChI is InChI=1S/C40H22F2/c41-28-16-11-25-21-27(10-9-26(25)22-28)29-17-12-23-14-19-33-34(20-15-24-13-18-32(29)37(23)38(24)33)39-30-5-1-3-7-35(30)40(42)36-8-4-2-6-31(36)39/h1-22H. The maximum Gasteiger partial charge on any atom is 0.138 e. The van der Waals surface area contributed by atoms with Crippen molar-refractivity contribution in [2.45, 2.75) is 0 Å². The molecule has 9 rings (SSSR count). The van der Waals surface area contributed by atoms with Crippen LogP contribution in [0.4, 0.5) is 8.78 Å². The van der Waals surface area contributed by atoms with Crippen LogP contribution < -0.4 is 0 Å². The number of rotatable bonds is 2. The normalized spacial score (nSPS) is 12.0. The van der Waals surface area contributed by atoms with Gasteiger partial charge in [0.15, 0.2) is 0 Å². The maximum absolute atomic E-state index is 15.7. The van der Waals surface area contributed by atoms with Gasteiger partial charge in [-0.2, -0.15) is 0 Å². The monoisotopic (exact) mass is 540 g/mol. The summed E-state index contributed by atoms with van der Waals surface area (Å²) >= 11 is 0. The Balaban J connectivity index is 1.38. The van der Waals surface area contributed by atoms with Crippen molar-refractivity contribution < 1.29 is 8.78 Å². The van der Waals surface area contributed by atoms with Crippen molar-refractivity contribution in [2.24, 2.45) is 0 Å². The summed E-state index contributed by atoms with van der Waals surface area (Å²) in [4.78, 5) is 0. The van der Waals surface area contributed by atoms with E-state index in [9.17, 15) is 4.39 Å². The van der Waals surface area contributed by atoms with Gasteiger partial charge in [0.1, 0.15) is 11.6 Å². The highest BCUT2D eigenvalue weighted by Crippen LogP contribution is 2.46. The predicted octanol–water partition coefficient (Wildman–Crippen LogP) is 11.7. The third-order valence-corrected chi connectivity index (χ3v) is 8.91. The van der Waals surface area contributed by atoms with Gasteiger partial charge in [-0.1, -0.05) is 115 Å². The molecule has 0 heterocycles. The van der Waals surface area contributed by atoms with Crippen molar-refractivity contribution in [3.8, 4) is 22.3 Å². The molecule has 0 spiro atoms. The summed E-state index contributed by atoms with van der Waals surface area (Å²) in [6, 6.07) is 44.3. The first-order valence-corrected chi connectivity index (χ1v) is 14.2. The molecule has 0 aliphatic rings. The van der Waals surface area contributed by atoms with Gasteiger partial charge < -0.3 is 0 Å². The summed E-state index contributed by atoms with van der Waals surface area (Å²) in [5.41, 5.74) is 4.40. The molecule has 0 saturated carbocycles. The molecule has 0 aliphatic heterocycles. The quantitative estimate of drug-likeness (QED) is 0.151. The van der Waals surface area contributed by atoms with Crippen LogP contribution in [0.1, 0.15) is 0 Å². The molecule has 0 radical (unpaired) electrons. The summed E-state index contributed by atoms with van der Waals surface area (Å²) in [6.07, 6.45) is 0. The van der Waals surface area contributed by atoms with Crippen LogP contribution in [-0.4, -0.2) is 0 Å². The highest BCUT2D eigenvalue weighted by Gasteiger charge is 2.19. The molecular formula is C40H22F2. The molecule has 0 unspecified atom stereocenters. The van der Waals surface area contributed by atoms with Crippen LogP contribution in [0.15, 0.2) is 133 Å². The molecule has 9 aromatic rings. The predicted molar refractivity (Wildman–Crippen MR) is 173 cm³/mol. The Kier molecular flexibility index (Phi) is 4.77. The van der Waals surface area contributed by atoms with Crippen molar-refractivity contribution in [1.82, 2.24) is 0 Å². The number of benzene rings is 9. The van der Waals surface area contributed by atoms with Gasteiger partial charge in [0.25, 0.3) is 0 Å². The van der Waals surface area contributed by atoms with E-state index in [0.717, 1.165) is 49.2 Å². The second-order valence-electron chi connectivity index (χ2n) is 11.1. The molecule has 0 atom stereocenters. The van der Waals surface area contributed by atoms with Crippen molar-refractivity contribution in [2.75, 3.05) is 0 Å². The smallest absolute Gasteiger partial charge is 0.138 e. The molecule has 0 fully saturated rings. The zero-order chi connectivity index (χ0) is 27.9. The fraction of sp³-hybridized carbons (Fsp3) is 0. The van der Waals surface area contributed by atoms with Crippen LogP contribution in [0.5, 0.6) is 0 Å². The lowest BCUT2D eigenvalue weighted by molar-refractivity contribution is 0.630. The van der Waals surface area contributed by atoms with E-state index < -0.39 is 0 Å². The Morgan fingerprint density at radius 1 is 0.357 bits per heavy atom. The van der Waals surface area contributed by atoms with Gasteiger partial charge in [0.2, 0.25) is 0 Å². The van der Waals surface area contributed by atoms with E-state index in [1.54, 1.807) is 6.07 Å². The number of hydrogen-bond acceptors (Lipinski definition) is 0. The molecule has 0 N–H and O–H groups in total. The number of fused-ring (bicyclic) bond motifs is 3. The Labute approximate surface area is 240 Å². The van der Waals surface area contributed by atoms with Crippen LogP contribution in [0.25, 0.3) is 86.9 Å². The van der Waals surface area contributed by atoms with Crippen LogP contribution >= 0.6 is 0 Å². The van der Waals surface area contributed by atoms with Gasteiger partial charge in [0, 0.05) is 10.8 Å².